The number of hydrogen-bond acceptors (Lipinski definition) is 3. The minimum absolute atomic E-state index is 0.116. The molecule has 0 aliphatic carbocycles. The van der Waals surface area contributed by atoms with Crippen LogP contribution in [0.2, 0.25) is 5.02 Å². The van der Waals surface area contributed by atoms with E-state index in [1.165, 1.54) is 4.70 Å². The first-order chi connectivity index (χ1) is 9.24. The van der Waals surface area contributed by atoms with Gasteiger partial charge in [-0.3, -0.25) is 0 Å². The molecule has 0 aliphatic rings. The van der Waals surface area contributed by atoms with Crippen molar-refractivity contribution in [3.63, 3.8) is 0 Å². The average Bonchev–Trinajstić information content (AvgIpc) is 2.81. The molecule has 3 aromatic rings. The molecule has 4 heteroatoms. The Labute approximate surface area is 120 Å². The topological polar surface area (TPSA) is 38.9 Å². The molecule has 96 valence electrons. The van der Waals surface area contributed by atoms with Gasteiger partial charge in [0.25, 0.3) is 0 Å². The van der Waals surface area contributed by atoms with Gasteiger partial charge < -0.3 is 5.73 Å². The summed E-state index contributed by atoms with van der Waals surface area (Å²) in [5, 5.41) is 1.77. The molecule has 0 bridgehead atoms. The summed E-state index contributed by atoms with van der Waals surface area (Å²) in [5.74, 6) is 0. The molecule has 0 saturated carbocycles. The molecule has 0 fully saturated rings. The van der Waals surface area contributed by atoms with Gasteiger partial charge in [-0.05, 0) is 23.8 Å². The molecule has 0 aliphatic heterocycles. The van der Waals surface area contributed by atoms with Crippen LogP contribution in [0.25, 0.3) is 10.2 Å². The third-order valence-electron chi connectivity index (χ3n) is 3.04. The minimum Gasteiger partial charge on any atom is -0.324 e. The fourth-order valence-electron chi connectivity index (χ4n) is 2.08. The van der Waals surface area contributed by atoms with E-state index >= 15 is 0 Å². The molecule has 19 heavy (non-hydrogen) atoms. The van der Waals surface area contributed by atoms with E-state index in [0.717, 1.165) is 21.1 Å². The smallest absolute Gasteiger partial charge is 0.0957 e. The molecule has 2 N–H and O–H groups in total. The van der Waals surface area contributed by atoms with Crippen molar-refractivity contribution in [1.82, 2.24) is 4.98 Å². The number of para-hydroxylation sites is 1. The summed E-state index contributed by atoms with van der Waals surface area (Å²) in [6.07, 6.45) is 0.711. The summed E-state index contributed by atoms with van der Waals surface area (Å²) < 4.78 is 1.20. The SMILES string of the molecule is NC(Cc1nc2ccccc2s1)c1ccccc1Cl. The maximum atomic E-state index is 6.23. The van der Waals surface area contributed by atoms with E-state index in [4.69, 9.17) is 17.3 Å². The first-order valence-electron chi connectivity index (χ1n) is 6.08. The van der Waals surface area contributed by atoms with Crippen LogP contribution in [0.1, 0.15) is 16.6 Å². The Hall–Kier alpha value is -1.42. The third kappa shape index (κ3) is 2.63. The quantitative estimate of drug-likeness (QED) is 0.785. The first kappa shape index (κ1) is 12.6. The van der Waals surface area contributed by atoms with Gasteiger partial charge in [0.2, 0.25) is 0 Å². The van der Waals surface area contributed by atoms with E-state index in [9.17, 15) is 0 Å². The summed E-state index contributed by atoms with van der Waals surface area (Å²) in [4.78, 5) is 4.60. The van der Waals surface area contributed by atoms with Crippen LogP contribution in [0, 0.1) is 0 Å². The van der Waals surface area contributed by atoms with Crippen molar-refractivity contribution in [1.29, 1.82) is 0 Å². The van der Waals surface area contributed by atoms with E-state index in [1.54, 1.807) is 11.3 Å². The normalized spacial score (nSPS) is 12.7. The van der Waals surface area contributed by atoms with Gasteiger partial charge in [0.05, 0.1) is 15.2 Å². The molecule has 0 amide bonds. The number of rotatable bonds is 3. The van der Waals surface area contributed by atoms with Gasteiger partial charge in [0.1, 0.15) is 0 Å². The Morgan fingerprint density at radius 2 is 1.84 bits per heavy atom. The van der Waals surface area contributed by atoms with E-state index in [2.05, 4.69) is 11.1 Å². The van der Waals surface area contributed by atoms with Crippen molar-refractivity contribution in [2.24, 2.45) is 5.73 Å². The molecule has 1 heterocycles. The predicted molar refractivity (Wildman–Crippen MR) is 81.7 cm³/mol. The van der Waals surface area contributed by atoms with Gasteiger partial charge in [0.15, 0.2) is 0 Å². The molecular formula is C15H13ClN2S. The number of aromatic nitrogens is 1. The molecule has 3 rings (SSSR count). The van der Waals surface area contributed by atoms with Crippen molar-refractivity contribution < 1.29 is 0 Å². The zero-order valence-corrected chi connectivity index (χ0v) is 11.8. The molecule has 1 aromatic heterocycles. The number of nitrogens with zero attached hydrogens (tertiary/aromatic N) is 1. The average molecular weight is 289 g/mol. The minimum atomic E-state index is -0.116. The largest absolute Gasteiger partial charge is 0.324 e. The van der Waals surface area contributed by atoms with Crippen molar-refractivity contribution >= 4 is 33.2 Å². The van der Waals surface area contributed by atoms with Gasteiger partial charge >= 0.3 is 0 Å². The van der Waals surface area contributed by atoms with E-state index in [0.29, 0.717) is 6.42 Å². The molecule has 0 radical (unpaired) electrons. The first-order valence-corrected chi connectivity index (χ1v) is 7.28. The lowest BCUT2D eigenvalue weighted by Crippen LogP contribution is -2.13. The second-order valence-corrected chi connectivity index (χ2v) is 5.93. The highest BCUT2D eigenvalue weighted by molar-refractivity contribution is 7.18. The van der Waals surface area contributed by atoms with Crippen LogP contribution in [0.3, 0.4) is 0 Å². The Morgan fingerprint density at radius 3 is 2.63 bits per heavy atom. The number of nitrogens with two attached hydrogens (primary N) is 1. The highest BCUT2D eigenvalue weighted by atomic mass is 35.5. The number of fused-ring (bicyclic) bond motifs is 1. The molecule has 1 atom stereocenters. The van der Waals surface area contributed by atoms with Crippen LogP contribution in [-0.2, 0) is 6.42 Å². The molecule has 0 saturated heterocycles. The van der Waals surface area contributed by atoms with Crippen LogP contribution in [0.5, 0.6) is 0 Å². The van der Waals surface area contributed by atoms with Gasteiger partial charge in [-0.15, -0.1) is 11.3 Å². The molecule has 1 unspecified atom stereocenters. The van der Waals surface area contributed by atoms with E-state index in [-0.39, 0.29) is 6.04 Å². The number of hydrogen-bond donors (Lipinski definition) is 1. The lowest BCUT2D eigenvalue weighted by molar-refractivity contribution is 0.719. The zero-order chi connectivity index (χ0) is 13.2. The fourth-order valence-corrected chi connectivity index (χ4v) is 3.38. The van der Waals surface area contributed by atoms with E-state index in [1.807, 2.05) is 42.5 Å². The predicted octanol–water partition coefficient (Wildman–Crippen LogP) is 4.19. The number of benzene rings is 2. The zero-order valence-electron chi connectivity index (χ0n) is 10.2. The van der Waals surface area contributed by atoms with Gasteiger partial charge in [0, 0.05) is 17.5 Å². The number of halogens is 1. The second-order valence-electron chi connectivity index (χ2n) is 4.41. The highest BCUT2D eigenvalue weighted by Crippen LogP contribution is 2.27. The lowest BCUT2D eigenvalue weighted by atomic mass is 10.1. The maximum Gasteiger partial charge on any atom is 0.0957 e. The van der Waals surface area contributed by atoms with Crippen LogP contribution in [0.4, 0.5) is 0 Å². The summed E-state index contributed by atoms with van der Waals surface area (Å²) in [6.45, 7) is 0. The van der Waals surface area contributed by atoms with E-state index < -0.39 is 0 Å². The summed E-state index contributed by atoms with van der Waals surface area (Å²) in [5.41, 5.74) is 8.24. The Kier molecular flexibility index (Phi) is 3.51. The summed E-state index contributed by atoms with van der Waals surface area (Å²) in [6, 6.07) is 15.7. The summed E-state index contributed by atoms with van der Waals surface area (Å²) in [7, 11) is 0. The van der Waals surface area contributed by atoms with Gasteiger partial charge in [-0.25, -0.2) is 4.98 Å². The van der Waals surface area contributed by atoms with Gasteiger partial charge in [-0.1, -0.05) is 41.9 Å². The Balaban J connectivity index is 1.86. The Bertz CT molecular complexity index is 675. The number of thiazole rings is 1. The fraction of sp³-hybridized carbons (Fsp3) is 0.133. The van der Waals surface area contributed by atoms with Crippen LogP contribution in [0.15, 0.2) is 48.5 Å². The van der Waals surface area contributed by atoms with Gasteiger partial charge in [-0.2, -0.15) is 0 Å². The van der Waals surface area contributed by atoms with Crippen LogP contribution < -0.4 is 5.73 Å². The molecule has 2 aromatic carbocycles. The highest BCUT2D eigenvalue weighted by Gasteiger charge is 2.13. The molecule has 0 spiro atoms. The summed E-state index contributed by atoms with van der Waals surface area (Å²) >= 11 is 7.86. The van der Waals surface area contributed by atoms with Crippen LogP contribution >= 0.6 is 22.9 Å². The van der Waals surface area contributed by atoms with Crippen molar-refractivity contribution in [3.05, 3.63) is 64.1 Å². The lowest BCUT2D eigenvalue weighted by Gasteiger charge is -2.11. The molecule has 2 nitrogen and oxygen atoms in total. The third-order valence-corrected chi connectivity index (χ3v) is 4.44. The molecular weight excluding hydrogens is 276 g/mol. The monoisotopic (exact) mass is 288 g/mol. The Morgan fingerprint density at radius 1 is 1.11 bits per heavy atom. The van der Waals surface area contributed by atoms with Crippen LogP contribution in [-0.4, -0.2) is 4.98 Å². The maximum absolute atomic E-state index is 6.23. The standard InChI is InChI=1S/C15H13ClN2S/c16-11-6-2-1-5-10(11)12(17)9-15-18-13-7-3-4-8-14(13)19-15/h1-8,12H,9,17H2. The second kappa shape index (κ2) is 5.29. The van der Waals surface area contributed by atoms with Crippen molar-refractivity contribution in [3.8, 4) is 0 Å². The van der Waals surface area contributed by atoms with Crippen molar-refractivity contribution in [2.75, 3.05) is 0 Å². The van der Waals surface area contributed by atoms with Crippen molar-refractivity contribution in [2.45, 2.75) is 12.5 Å².